The number of rotatable bonds is 2. The Morgan fingerprint density at radius 3 is 2.80 bits per heavy atom. The topological polar surface area (TPSA) is 62.7 Å². The maximum atomic E-state index is 12.0. The molecule has 1 amide bonds. The summed E-state index contributed by atoms with van der Waals surface area (Å²) in [4.78, 5) is 18.1. The normalized spacial score (nSPS) is 28.9. The molecule has 0 unspecified atom stereocenters. The zero-order valence-electron chi connectivity index (χ0n) is 12.1. The summed E-state index contributed by atoms with van der Waals surface area (Å²) in [6, 6.07) is 2.04. The third-order valence-corrected chi connectivity index (χ3v) is 4.12. The first kappa shape index (κ1) is 13.4. The van der Waals surface area contributed by atoms with Gasteiger partial charge in [0.15, 0.2) is 0 Å². The van der Waals surface area contributed by atoms with Gasteiger partial charge in [0.25, 0.3) is 0 Å². The molecule has 2 aliphatic rings. The number of ether oxygens (including phenoxy) is 1. The molecule has 0 aromatic carbocycles. The Kier molecular flexibility index (Phi) is 2.97. The van der Waals surface area contributed by atoms with E-state index in [-0.39, 0.29) is 18.7 Å². The van der Waals surface area contributed by atoms with Crippen LogP contribution in [-0.4, -0.2) is 27.8 Å². The van der Waals surface area contributed by atoms with E-state index < -0.39 is 5.60 Å². The fourth-order valence-corrected chi connectivity index (χ4v) is 2.92. The summed E-state index contributed by atoms with van der Waals surface area (Å²) >= 11 is 0. The van der Waals surface area contributed by atoms with Crippen molar-refractivity contribution in [3.05, 3.63) is 23.4 Å². The Bertz CT molecular complexity index is 546. The Morgan fingerprint density at radius 1 is 1.50 bits per heavy atom. The molecule has 1 N–H and O–H groups in total. The molecule has 1 aliphatic carbocycles. The monoisotopic (exact) mass is 276 g/mol. The van der Waals surface area contributed by atoms with Crippen molar-refractivity contribution in [3.8, 4) is 0 Å². The number of anilines is 1. The van der Waals surface area contributed by atoms with Crippen LogP contribution in [0, 0.1) is 0 Å². The molecule has 0 spiro atoms. The molecule has 0 saturated heterocycles. The Labute approximate surface area is 118 Å². The molecule has 2 heterocycles. The number of amides is 1. The van der Waals surface area contributed by atoms with Gasteiger partial charge in [-0.2, -0.15) is 0 Å². The molecular weight excluding hydrogens is 256 g/mol. The van der Waals surface area contributed by atoms with Crippen molar-refractivity contribution in [2.75, 3.05) is 4.90 Å². The number of fused-ring (bicyclic) bond motifs is 1. The smallest absolute Gasteiger partial charge is 0.416 e. The summed E-state index contributed by atoms with van der Waals surface area (Å²) in [7, 11) is 0. The van der Waals surface area contributed by atoms with Crippen LogP contribution in [0.4, 0.5) is 10.6 Å². The van der Waals surface area contributed by atoms with Crippen LogP contribution in [0.3, 0.4) is 0 Å². The highest BCUT2D eigenvalue weighted by molar-refractivity contribution is 5.90. The number of carbonyl (C=O) groups is 1. The second-order valence-corrected chi connectivity index (χ2v) is 6.39. The number of carbonyl (C=O) groups excluding carboxylic acids is 1. The van der Waals surface area contributed by atoms with E-state index in [1.165, 1.54) is 0 Å². The zero-order valence-corrected chi connectivity index (χ0v) is 12.1. The van der Waals surface area contributed by atoms with Gasteiger partial charge < -0.3 is 9.84 Å². The van der Waals surface area contributed by atoms with Crippen LogP contribution in [0.2, 0.25) is 0 Å². The Balaban J connectivity index is 1.92. The lowest BCUT2D eigenvalue weighted by Gasteiger charge is -2.47. The first-order chi connectivity index (χ1) is 9.37. The van der Waals surface area contributed by atoms with Gasteiger partial charge in [0.2, 0.25) is 0 Å². The maximum absolute atomic E-state index is 12.0. The predicted molar refractivity (Wildman–Crippen MR) is 74.6 cm³/mol. The number of hydrogen-bond donors (Lipinski definition) is 1. The second kappa shape index (κ2) is 4.45. The molecule has 1 aliphatic heterocycles. The quantitative estimate of drug-likeness (QED) is 0.901. The molecule has 1 aromatic rings. The highest BCUT2D eigenvalue weighted by Gasteiger charge is 2.46. The number of aromatic nitrogens is 1. The summed E-state index contributed by atoms with van der Waals surface area (Å²) < 4.78 is 5.24. The van der Waals surface area contributed by atoms with E-state index in [0.29, 0.717) is 24.6 Å². The lowest BCUT2D eigenvalue weighted by Crippen LogP contribution is -2.57. The molecule has 1 saturated carbocycles. The minimum atomic E-state index is -0.680. The summed E-state index contributed by atoms with van der Waals surface area (Å²) in [5.41, 5.74) is 1.41. The van der Waals surface area contributed by atoms with Crippen LogP contribution in [0.15, 0.2) is 12.3 Å². The molecule has 5 heteroatoms. The molecule has 0 bridgehead atoms. The van der Waals surface area contributed by atoms with Crippen molar-refractivity contribution in [1.29, 1.82) is 0 Å². The molecule has 0 atom stereocenters. The van der Waals surface area contributed by atoms with E-state index in [0.717, 1.165) is 11.1 Å². The summed E-state index contributed by atoms with van der Waals surface area (Å²) in [6.07, 6.45) is 2.60. The van der Waals surface area contributed by atoms with Crippen LogP contribution >= 0.6 is 0 Å². The van der Waals surface area contributed by atoms with E-state index in [9.17, 15) is 9.90 Å². The van der Waals surface area contributed by atoms with Gasteiger partial charge in [0.1, 0.15) is 12.4 Å². The van der Waals surface area contributed by atoms with Gasteiger partial charge >= 0.3 is 6.09 Å². The highest BCUT2D eigenvalue weighted by Crippen LogP contribution is 2.40. The zero-order chi connectivity index (χ0) is 14.5. The summed E-state index contributed by atoms with van der Waals surface area (Å²) in [5, 5.41) is 9.87. The standard InChI is InChI=1S/C15H20N2O3/c1-9(2)10-4-11-8-20-14(18)17(13(11)16-7-10)12-5-15(3,19)6-12/h4,7,9,12,19H,5-6,8H2,1-3H3. The first-order valence-corrected chi connectivity index (χ1v) is 7.04. The molecule has 20 heavy (non-hydrogen) atoms. The maximum Gasteiger partial charge on any atom is 0.416 e. The van der Waals surface area contributed by atoms with Gasteiger partial charge in [-0.1, -0.05) is 13.8 Å². The average Bonchev–Trinajstić information content (AvgIpc) is 2.35. The van der Waals surface area contributed by atoms with Crippen molar-refractivity contribution in [2.24, 2.45) is 0 Å². The number of pyridine rings is 1. The predicted octanol–water partition coefficient (Wildman–Crippen LogP) is 2.58. The van der Waals surface area contributed by atoms with E-state index in [2.05, 4.69) is 24.9 Å². The third kappa shape index (κ3) is 2.16. The number of hydrogen-bond acceptors (Lipinski definition) is 4. The van der Waals surface area contributed by atoms with Crippen LogP contribution < -0.4 is 4.90 Å². The fourth-order valence-electron chi connectivity index (χ4n) is 2.92. The fraction of sp³-hybridized carbons (Fsp3) is 0.600. The lowest BCUT2D eigenvalue weighted by molar-refractivity contribution is -0.0315. The Hall–Kier alpha value is -1.62. The molecule has 1 aromatic heterocycles. The molecular formula is C15H20N2O3. The third-order valence-electron chi connectivity index (χ3n) is 4.12. The van der Waals surface area contributed by atoms with Crippen molar-refractivity contribution in [1.82, 2.24) is 4.98 Å². The number of nitrogens with zero attached hydrogens (tertiary/aromatic N) is 2. The van der Waals surface area contributed by atoms with Gasteiger partial charge in [0, 0.05) is 17.8 Å². The van der Waals surface area contributed by atoms with Gasteiger partial charge in [-0.15, -0.1) is 0 Å². The SMILES string of the molecule is CC(C)c1cnc2c(c1)COC(=O)N2C1CC(C)(O)C1. The Morgan fingerprint density at radius 2 is 2.20 bits per heavy atom. The molecule has 3 rings (SSSR count). The average molecular weight is 276 g/mol. The van der Waals surface area contributed by atoms with E-state index in [1.807, 2.05) is 6.20 Å². The molecule has 1 fully saturated rings. The van der Waals surface area contributed by atoms with Crippen molar-refractivity contribution >= 4 is 11.9 Å². The van der Waals surface area contributed by atoms with Gasteiger partial charge in [-0.05, 0) is 37.3 Å². The van der Waals surface area contributed by atoms with Crippen LogP contribution in [0.5, 0.6) is 0 Å². The highest BCUT2D eigenvalue weighted by atomic mass is 16.6. The molecule has 5 nitrogen and oxygen atoms in total. The van der Waals surface area contributed by atoms with E-state index in [4.69, 9.17) is 4.74 Å². The van der Waals surface area contributed by atoms with E-state index >= 15 is 0 Å². The number of cyclic esters (lactones) is 1. The van der Waals surface area contributed by atoms with Gasteiger partial charge in [-0.25, -0.2) is 9.78 Å². The van der Waals surface area contributed by atoms with E-state index in [1.54, 1.807) is 11.8 Å². The van der Waals surface area contributed by atoms with Gasteiger partial charge in [-0.3, -0.25) is 4.90 Å². The van der Waals surface area contributed by atoms with Crippen LogP contribution in [0.1, 0.15) is 50.7 Å². The molecule has 108 valence electrons. The van der Waals surface area contributed by atoms with Crippen molar-refractivity contribution < 1.29 is 14.6 Å². The van der Waals surface area contributed by atoms with Crippen molar-refractivity contribution in [3.63, 3.8) is 0 Å². The lowest BCUT2D eigenvalue weighted by atomic mass is 9.76. The summed E-state index contributed by atoms with van der Waals surface area (Å²) in [5.74, 6) is 1.08. The van der Waals surface area contributed by atoms with Crippen molar-refractivity contribution in [2.45, 2.75) is 57.8 Å². The minimum Gasteiger partial charge on any atom is -0.444 e. The van der Waals surface area contributed by atoms with Crippen LogP contribution in [0.25, 0.3) is 0 Å². The molecule has 0 radical (unpaired) electrons. The minimum absolute atomic E-state index is 0.0195. The van der Waals surface area contributed by atoms with Crippen LogP contribution in [-0.2, 0) is 11.3 Å². The summed E-state index contributed by atoms with van der Waals surface area (Å²) in [6.45, 7) is 6.29. The first-order valence-electron chi connectivity index (χ1n) is 7.04. The van der Waals surface area contributed by atoms with Gasteiger partial charge in [0.05, 0.1) is 5.60 Å². The largest absolute Gasteiger partial charge is 0.444 e. The second-order valence-electron chi connectivity index (χ2n) is 6.39. The number of aliphatic hydroxyl groups is 1.